The van der Waals surface area contributed by atoms with E-state index >= 15 is 0 Å². The molecule has 1 aliphatic heterocycles. The van der Waals surface area contributed by atoms with Gasteiger partial charge in [-0.15, -0.1) is 0 Å². The van der Waals surface area contributed by atoms with Crippen LogP contribution in [0.3, 0.4) is 0 Å². The van der Waals surface area contributed by atoms with Gasteiger partial charge in [-0.2, -0.15) is 26.3 Å². The molecular formula is C32H38F6N4O4. The van der Waals surface area contributed by atoms with Gasteiger partial charge in [0.15, 0.2) is 5.82 Å². The molecule has 1 unspecified atom stereocenters. The second-order valence-corrected chi connectivity index (χ2v) is 12.9. The fourth-order valence-electron chi connectivity index (χ4n) is 7.08. The summed E-state index contributed by atoms with van der Waals surface area (Å²) in [7, 11) is 1.86. The first-order valence-electron chi connectivity index (χ1n) is 15.7. The van der Waals surface area contributed by atoms with Crippen molar-refractivity contribution >= 4 is 17.9 Å². The number of carboxylic acids is 1. The first-order valence-corrected chi connectivity index (χ1v) is 15.7. The van der Waals surface area contributed by atoms with Crippen molar-refractivity contribution in [2.75, 3.05) is 18.5 Å². The highest BCUT2D eigenvalue weighted by Crippen LogP contribution is 2.42. The maximum absolute atomic E-state index is 13.6. The van der Waals surface area contributed by atoms with Crippen molar-refractivity contribution in [2.24, 2.45) is 11.8 Å². The largest absolute Gasteiger partial charge is 0.481 e. The fourth-order valence-corrected chi connectivity index (χ4v) is 7.08. The minimum Gasteiger partial charge on any atom is -0.481 e. The number of carbonyl (C=O) groups is 2. The first kappa shape index (κ1) is 33.8. The van der Waals surface area contributed by atoms with E-state index in [2.05, 4.69) is 0 Å². The molecular weight excluding hydrogens is 618 g/mol. The minimum absolute atomic E-state index is 0.0492. The lowest BCUT2D eigenvalue weighted by atomic mass is 9.80. The summed E-state index contributed by atoms with van der Waals surface area (Å²) in [4.78, 5) is 37.2. The van der Waals surface area contributed by atoms with Crippen LogP contribution >= 0.6 is 0 Å². The number of nitrogens with zero attached hydrogens (tertiary/aromatic N) is 4. The van der Waals surface area contributed by atoms with Gasteiger partial charge in [0, 0.05) is 25.9 Å². The zero-order chi connectivity index (χ0) is 33.4. The Kier molecular flexibility index (Phi) is 9.74. The summed E-state index contributed by atoms with van der Waals surface area (Å²) in [6.07, 6.45) is -3.06. The predicted molar refractivity (Wildman–Crippen MR) is 155 cm³/mol. The number of hydrogen-bond donors (Lipinski definition) is 1. The number of aromatic nitrogens is 2. The average Bonchev–Trinajstić information content (AvgIpc) is 3.62. The standard InChI is InChI=1S/C32H38F6N4O4/c1-18-28(22-12-23(31(33,34)35)14-24(13-22)32(36,37)38)46-30(45)42(18)17-26-29(39-15-25(40-26)21-5-3-4-6-21)41(2)16-20-9-7-19(8-10-20)11-27(43)44/h12-15,18-21,28H,3-11,16-17H2,1-2H3,(H,43,44)/t18-,19?,20?,28?/m0/s1. The number of ether oxygens (including phenoxy) is 1. The van der Waals surface area contributed by atoms with E-state index in [4.69, 9.17) is 19.8 Å². The first-order chi connectivity index (χ1) is 21.6. The SMILES string of the molecule is C[C@H]1C(c2cc(C(F)(F)F)cc(C(F)(F)F)c2)OC(=O)N1Cc1nc(C2CCCC2)cnc1N(C)CC1CCC(CC(=O)O)CC1. The normalized spacial score (nSPS) is 24.3. The van der Waals surface area contributed by atoms with Crippen LogP contribution in [0.2, 0.25) is 0 Å². The summed E-state index contributed by atoms with van der Waals surface area (Å²) in [5.74, 6) is 0.379. The maximum atomic E-state index is 13.6. The van der Waals surface area contributed by atoms with Gasteiger partial charge in [0.2, 0.25) is 0 Å². The lowest BCUT2D eigenvalue weighted by Gasteiger charge is -2.32. The molecule has 46 heavy (non-hydrogen) atoms. The van der Waals surface area contributed by atoms with Crippen molar-refractivity contribution in [3.63, 3.8) is 0 Å². The molecule has 2 heterocycles. The molecule has 1 N–H and O–H groups in total. The molecule has 3 fully saturated rings. The summed E-state index contributed by atoms with van der Waals surface area (Å²) in [6, 6.07) is 0.334. The molecule has 0 spiro atoms. The molecule has 2 saturated carbocycles. The molecule has 5 rings (SSSR count). The number of cyclic esters (lactones) is 1. The Hall–Kier alpha value is -3.58. The van der Waals surface area contributed by atoms with E-state index in [9.17, 15) is 35.9 Å². The Bertz CT molecular complexity index is 1390. The summed E-state index contributed by atoms with van der Waals surface area (Å²) in [5, 5.41) is 9.13. The number of alkyl halides is 6. The van der Waals surface area contributed by atoms with Crippen LogP contribution in [0.25, 0.3) is 0 Å². The third-order valence-electron chi connectivity index (χ3n) is 9.59. The summed E-state index contributed by atoms with van der Waals surface area (Å²) in [6.45, 7) is 2.05. The highest BCUT2D eigenvalue weighted by molar-refractivity contribution is 5.71. The van der Waals surface area contributed by atoms with Gasteiger partial charge in [-0.1, -0.05) is 12.8 Å². The third-order valence-corrected chi connectivity index (χ3v) is 9.59. The van der Waals surface area contributed by atoms with E-state index in [0.29, 0.717) is 36.1 Å². The van der Waals surface area contributed by atoms with Crippen molar-refractivity contribution in [3.05, 3.63) is 52.5 Å². The van der Waals surface area contributed by atoms with Gasteiger partial charge < -0.3 is 14.7 Å². The predicted octanol–water partition coefficient (Wildman–Crippen LogP) is 7.97. The number of carboxylic acid groups (broad SMARTS) is 1. The Morgan fingerprint density at radius 3 is 2.13 bits per heavy atom. The van der Waals surface area contributed by atoms with E-state index in [1.54, 1.807) is 6.20 Å². The van der Waals surface area contributed by atoms with Crippen LogP contribution in [0.4, 0.5) is 37.0 Å². The van der Waals surface area contributed by atoms with Gasteiger partial charge in [0.1, 0.15) is 11.8 Å². The Morgan fingerprint density at radius 1 is 0.978 bits per heavy atom. The summed E-state index contributed by atoms with van der Waals surface area (Å²) >= 11 is 0. The second-order valence-electron chi connectivity index (χ2n) is 12.9. The van der Waals surface area contributed by atoms with Gasteiger partial charge in [0.25, 0.3) is 0 Å². The van der Waals surface area contributed by atoms with Crippen molar-refractivity contribution in [1.29, 1.82) is 0 Å². The van der Waals surface area contributed by atoms with Gasteiger partial charge in [-0.3, -0.25) is 14.7 Å². The monoisotopic (exact) mass is 656 g/mol. The van der Waals surface area contributed by atoms with Crippen LogP contribution in [0.15, 0.2) is 24.4 Å². The third kappa shape index (κ3) is 7.68. The molecule has 1 saturated heterocycles. The molecule has 2 aliphatic carbocycles. The number of aliphatic carboxylic acids is 1. The smallest absolute Gasteiger partial charge is 0.416 e. The average molecular weight is 657 g/mol. The number of amides is 1. The van der Waals surface area contributed by atoms with E-state index in [0.717, 1.165) is 57.1 Å². The molecule has 1 aromatic heterocycles. The van der Waals surface area contributed by atoms with Gasteiger partial charge in [0.05, 0.1) is 35.6 Å². The van der Waals surface area contributed by atoms with E-state index in [1.165, 1.54) is 11.8 Å². The van der Waals surface area contributed by atoms with Crippen LogP contribution in [0, 0.1) is 11.8 Å². The van der Waals surface area contributed by atoms with Crippen molar-refractivity contribution in [2.45, 2.75) is 102 Å². The summed E-state index contributed by atoms with van der Waals surface area (Å²) in [5.41, 5.74) is -2.10. The molecule has 0 radical (unpaired) electrons. The lowest BCUT2D eigenvalue weighted by Crippen LogP contribution is -2.34. The quantitative estimate of drug-likeness (QED) is 0.274. The number of anilines is 1. The van der Waals surface area contributed by atoms with Gasteiger partial charge in [-0.05, 0) is 81.0 Å². The Labute approximate surface area is 263 Å². The van der Waals surface area contributed by atoms with Crippen LogP contribution in [0.1, 0.15) is 105 Å². The van der Waals surface area contributed by atoms with Crippen LogP contribution in [-0.4, -0.2) is 51.7 Å². The zero-order valence-corrected chi connectivity index (χ0v) is 25.7. The van der Waals surface area contributed by atoms with Crippen molar-refractivity contribution in [3.8, 4) is 0 Å². The lowest BCUT2D eigenvalue weighted by molar-refractivity contribution is -0.143. The fraction of sp³-hybridized carbons (Fsp3) is 0.625. The Balaban J connectivity index is 1.39. The maximum Gasteiger partial charge on any atom is 0.416 e. The van der Waals surface area contributed by atoms with Crippen LogP contribution in [0.5, 0.6) is 0 Å². The molecule has 1 amide bonds. The minimum atomic E-state index is -5.03. The molecule has 252 valence electrons. The number of carbonyl (C=O) groups excluding carboxylic acids is 1. The topological polar surface area (TPSA) is 95.9 Å². The van der Waals surface area contributed by atoms with E-state index in [-0.39, 0.29) is 30.9 Å². The second kappa shape index (κ2) is 13.3. The number of halogens is 6. The van der Waals surface area contributed by atoms with Crippen LogP contribution < -0.4 is 4.90 Å². The van der Waals surface area contributed by atoms with Gasteiger partial charge >= 0.3 is 24.4 Å². The van der Waals surface area contributed by atoms with Crippen molar-refractivity contribution < 1.29 is 45.8 Å². The molecule has 3 aliphatic rings. The van der Waals surface area contributed by atoms with E-state index < -0.39 is 53.3 Å². The number of rotatable bonds is 9. The highest BCUT2D eigenvalue weighted by Gasteiger charge is 2.44. The zero-order valence-electron chi connectivity index (χ0n) is 25.7. The number of hydrogen-bond acceptors (Lipinski definition) is 6. The van der Waals surface area contributed by atoms with Crippen molar-refractivity contribution in [1.82, 2.24) is 14.9 Å². The van der Waals surface area contributed by atoms with Gasteiger partial charge in [-0.25, -0.2) is 9.78 Å². The molecule has 1 aromatic carbocycles. The number of benzene rings is 1. The molecule has 2 atom stereocenters. The van der Waals surface area contributed by atoms with E-state index in [1.807, 2.05) is 11.9 Å². The molecule has 14 heteroatoms. The van der Waals surface area contributed by atoms with Crippen LogP contribution in [-0.2, 0) is 28.4 Å². The highest BCUT2D eigenvalue weighted by atomic mass is 19.4. The summed E-state index contributed by atoms with van der Waals surface area (Å²) < 4.78 is 86.7. The Morgan fingerprint density at radius 2 is 1.57 bits per heavy atom. The molecule has 2 aromatic rings. The molecule has 0 bridgehead atoms. The molecule has 8 nitrogen and oxygen atoms in total.